The number of fused-ring (bicyclic) bond motifs is 1. The van der Waals surface area contributed by atoms with Crippen molar-refractivity contribution in [1.82, 2.24) is 4.57 Å². The van der Waals surface area contributed by atoms with Gasteiger partial charge in [-0.3, -0.25) is 4.79 Å². The number of nitrogens with zero attached hydrogens (tertiary/aromatic N) is 1. The van der Waals surface area contributed by atoms with Crippen LogP contribution in [-0.2, 0) is 7.05 Å². The molecule has 0 bridgehead atoms. The van der Waals surface area contributed by atoms with Crippen LogP contribution < -0.4 is 10.1 Å². The summed E-state index contributed by atoms with van der Waals surface area (Å²) in [6.45, 7) is 0. The van der Waals surface area contributed by atoms with Crippen LogP contribution in [0.4, 0.5) is 5.69 Å². The quantitative estimate of drug-likeness (QED) is 0.798. The van der Waals surface area contributed by atoms with Gasteiger partial charge in [0, 0.05) is 35.4 Å². The van der Waals surface area contributed by atoms with Gasteiger partial charge in [-0.25, -0.2) is 0 Å². The van der Waals surface area contributed by atoms with Gasteiger partial charge in [-0.05, 0) is 48.5 Å². The molecule has 1 aromatic heterocycles. The molecule has 0 saturated heterocycles. The van der Waals surface area contributed by atoms with Crippen molar-refractivity contribution in [3.63, 3.8) is 0 Å². The Morgan fingerprint density at radius 3 is 2.57 bits per heavy atom. The number of carbonyl (C=O) groups excluding carboxylic acids is 1. The first-order valence-corrected chi connectivity index (χ1v) is 6.68. The van der Waals surface area contributed by atoms with Gasteiger partial charge in [0.05, 0.1) is 7.11 Å². The normalized spacial score (nSPS) is 10.6. The summed E-state index contributed by atoms with van der Waals surface area (Å²) in [4.78, 5) is 12.2. The van der Waals surface area contributed by atoms with Crippen molar-refractivity contribution in [2.24, 2.45) is 7.05 Å². The molecule has 0 aliphatic rings. The van der Waals surface area contributed by atoms with Crippen LogP contribution in [0.2, 0.25) is 0 Å². The second-order valence-corrected chi connectivity index (χ2v) is 4.88. The van der Waals surface area contributed by atoms with Gasteiger partial charge in [0.15, 0.2) is 0 Å². The molecule has 21 heavy (non-hydrogen) atoms. The fraction of sp³-hybridized carbons (Fsp3) is 0.118. The number of amides is 1. The number of hydrogen-bond donors (Lipinski definition) is 1. The smallest absolute Gasteiger partial charge is 0.255 e. The standard InChI is InChI=1S/C17H16N2O2/c1-19-10-9-13-11-14(5-8-16(13)19)18-17(20)12-3-6-15(21-2)7-4-12/h3-11H,1-2H3,(H,18,20). The van der Waals surface area contributed by atoms with E-state index in [0.717, 1.165) is 22.3 Å². The van der Waals surface area contributed by atoms with Crippen molar-refractivity contribution in [3.05, 3.63) is 60.3 Å². The molecular weight excluding hydrogens is 264 g/mol. The number of anilines is 1. The number of rotatable bonds is 3. The predicted octanol–water partition coefficient (Wildman–Crippen LogP) is 3.44. The van der Waals surface area contributed by atoms with Gasteiger partial charge in [0.25, 0.3) is 5.91 Å². The molecule has 3 rings (SSSR count). The SMILES string of the molecule is COc1ccc(C(=O)Nc2ccc3c(ccn3C)c2)cc1. The van der Waals surface area contributed by atoms with E-state index in [9.17, 15) is 4.79 Å². The minimum Gasteiger partial charge on any atom is -0.497 e. The Bertz CT molecular complexity index is 788. The molecule has 1 amide bonds. The number of benzene rings is 2. The van der Waals surface area contributed by atoms with E-state index in [1.807, 2.05) is 42.1 Å². The third-order valence-corrected chi connectivity index (χ3v) is 3.50. The molecule has 0 spiro atoms. The molecule has 4 nitrogen and oxygen atoms in total. The van der Waals surface area contributed by atoms with Crippen molar-refractivity contribution in [2.45, 2.75) is 0 Å². The lowest BCUT2D eigenvalue weighted by Crippen LogP contribution is -2.11. The van der Waals surface area contributed by atoms with Crippen molar-refractivity contribution in [2.75, 3.05) is 12.4 Å². The number of methoxy groups -OCH3 is 1. The largest absolute Gasteiger partial charge is 0.497 e. The topological polar surface area (TPSA) is 43.3 Å². The molecule has 0 aliphatic carbocycles. The van der Waals surface area contributed by atoms with Crippen molar-refractivity contribution in [3.8, 4) is 5.75 Å². The molecule has 3 aromatic rings. The molecule has 0 fully saturated rings. The minimum absolute atomic E-state index is 0.132. The summed E-state index contributed by atoms with van der Waals surface area (Å²) in [6.07, 6.45) is 2.00. The fourth-order valence-electron chi connectivity index (χ4n) is 2.31. The highest BCUT2D eigenvalue weighted by Gasteiger charge is 2.07. The Kier molecular flexibility index (Phi) is 3.36. The number of nitrogens with one attached hydrogen (secondary N) is 1. The Balaban J connectivity index is 1.81. The number of aromatic nitrogens is 1. The van der Waals surface area contributed by atoms with E-state index in [2.05, 4.69) is 5.32 Å². The Morgan fingerprint density at radius 2 is 1.86 bits per heavy atom. The van der Waals surface area contributed by atoms with E-state index in [1.54, 1.807) is 31.4 Å². The Labute approximate surface area is 123 Å². The van der Waals surface area contributed by atoms with E-state index in [-0.39, 0.29) is 5.91 Å². The van der Waals surface area contributed by atoms with Crippen molar-refractivity contribution < 1.29 is 9.53 Å². The Hall–Kier alpha value is -2.75. The molecule has 0 saturated carbocycles. The fourth-order valence-corrected chi connectivity index (χ4v) is 2.31. The second kappa shape index (κ2) is 5.32. The highest BCUT2D eigenvalue weighted by molar-refractivity contribution is 6.05. The van der Waals surface area contributed by atoms with Crippen molar-refractivity contribution in [1.29, 1.82) is 0 Å². The molecule has 0 aliphatic heterocycles. The molecule has 0 radical (unpaired) electrons. The highest BCUT2D eigenvalue weighted by Crippen LogP contribution is 2.20. The first-order chi connectivity index (χ1) is 10.2. The van der Waals surface area contributed by atoms with Crippen LogP contribution in [0.3, 0.4) is 0 Å². The molecule has 0 unspecified atom stereocenters. The van der Waals surface area contributed by atoms with E-state index in [4.69, 9.17) is 4.74 Å². The maximum Gasteiger partial charge on any atom is 0.255 e. The first kappa shape index (κ1) is 13.2. The van der Waals surface area contributed by atoms with Crippen LogP contribution in [-0.4, -0.2) is 17.6 Å². The van der Waals surface area contributed by atoms with Crippen LogP contribution in [0.5, 0.6) is 5.75 Å². The maximum absolute atomic E-state index is 12.2. The summed E-state index contributed by atoms with van der Waals surface area (Å²) in [5.41, 5.74) is 2.52. The lowest BCUT2D eigenvalue weighted by atomic mass is 10.2. The van der Waals surface area contributed by atoms with E-state index < -0.39 is 0 Å². The summed E-state index contributed by atoms with van der Waals surface area (Å²) < 4.78 is 7.13. The molecule has 4 heteroatoms. The van der Waals surface area contributed by atoms with Gasteiger partial charge in [-0.15, -0.1) is 0 Å². The number of ether oxygens (including phenoxy) is 1. The summed E-state index contributed by atoms with van der Waals surface area (Å²) in [7, 11) is 3.60. The predicted molar refractivity (Wildman–Crippen MR) is 83.9 cm³/mol. The van der Waals surface area contributed by atoms with Gasteiger partial charge in [0.2, 0.25) is 0 Å². The summed E-state index contributed by atoms with van der Waals surface area (Å²) >= 11 is 0. The molecule has 2 aromatic carbocycles. The molecule has 1 heterocycles. The number of carbonyl (C=O) groups is 1. The Morgan fingerprint density at radius 1 is 1.10 bits per heavy atom. The van der Waals surface area contributed by atoms with Crippen LogP contribution in [0, 0.1) is 0 Å². The van der Waals surface area contributed by atoms with Gasteiger partial charge in [-0.2, -0.15) is 0 Å². The van der Waals surface area contributed by atoms with Crippen LogP contribution in [0.15, 0.2) is 54.7 Å². The van der Waals surface area contributed by atoms with E-state index >= 15 is 0 Å². The van der Waals surface area contributed by atoms with Crippen LogP contribution in [0.1, 0.15) is 10.4 Å². The van der Waals surface area contributed by atoms with E-state index in [0.29, 0.717) is 5.56 Å². The zero-order valence-electron chi connectivity index (χ0n) is 12.0. The van der Waals surface area contributed by atoms with Crippen LogP contribution >= 0.6 is 0 Å². The lowest BCUT2D eigenvalue weighted by Gasteiger charge is -2.07. The summed E-state index contributed by atoms with van der Waals surface area (Å²) in [5, 5.41) is 4.01. The average Bonchev–Trinajstić information content (AvgIpc) is 2.88. The van der Waals surface area contributed by atoms with Gasteiger partial charge in [0.1, 0.15) is 5.75 Å². The summed E-state index contributed by atoms with van der Waals surface area (Å²) in [6, 6.07) is 14.9. The average molecular weight is 280 g/mol. The monoisotopic (exact) mass is 280 g/mol. The second-order valence-electron chi connectivity index (χ2n) is 4.88. The zero-order valence-corrected chi connectivity index (χ0v) is 12.0. The lowest BCUT2D eigenvalue weighted by molar-refractivity contribution is 0.102. The highest BCUT2D eigenvalue weighted by atomic mass is 16.5. The van der Waals surface area contributed by atoms with Gasteiger partial charge in [-0.1, -0.05) is 0 Å². The maximum atomic E-state index is 12.2. The van der Waals surface area contributed by atoms with Gasteiger partial charge >= 0.3 is 0 Å². The summed E-state index contributed by atoms with van der Waals surface area (Å²) in [5.74, 6) is 0.602. The number of aryl methyl sites for hydroxylation is 1. The molecule has 1 N–H and O–H groups in total. The molecule has 0 atom stereocenters. The third kappa shape index (κ3) is 2.60. The van der Waals surface area contributed by atoms with Crippen LogP contribution in [0.25, 0.3) is 10.9 Å². The third-order valence-electron chi connectivity index (χ3n) is 3.50. The zero-order chi connectivity index (χ0) is 14.8. The first-order valence-electron chi connectivity index (χ1n) is 6.68. The van der Waals surface area contributed by atoms with E-state index in [1.165, 1.54) is 0 Å². The molecular formula is C17H16N2O2. The van der Waals surface area contributed by atoms with Gasteiger partial charge < -0.3 is 14.6 Å². The minimum atomic E-state index is -0.132. The van der Waals surface area contributed by atoms with Crippen molar-refractivity contribution >= 4 is 22.5 Å². The number of hydrogen-bond acceptors (Lipinski definition) is 2. The molecule has 106 valence electrons.